The predicted molar refractivity (Wildman–Crippen MR) is 124 cm³/mol. The van der Waals surface area contributed by atoms with Crippen LogP contribution in [0.2, 0.25) is 0 Å². The molecule has 0 spiro atoms. The Morgan fingerprint density at radius 3 is 2.47 bits per heavy atom. The summed E-state index contributed by atoms with van der Waals surface area (Å²) in [5.74, 6) is -1.68. The number of hydrogen-bond donors (Lipinski definition) is 5. The lowest BCUT2D eigenvalue weighted by Gasteiger charge is -2.03. The molecule has 3 aromatic heterocycles. The van der Waals surface area contributed by atoms with Crippen LogP contribution in [0.4, 0.5) is 11.9 Å². The van der Waals surface area contributed by atoms with Gasteiger partial charge >= 0.3 is 5.97 Å². The molecule has 5 rings (SSSR count). The maximum atomic E-state index is 12.8. The van der Waals surface area contributed by atoms with Crippen molar-refractivity contribution in [1.29, 1.82) is 0 Å². The van der Waals surface area contributed by atoms with Crippen molar-refractivity contribution in [2.45, 2.75) is 6.42 Å². The molecule has 5 aromatic rings. The van der Waals surface area contributed by atoms with Crippen LogP contribution in [0.5, 0.6) is 0 Å². The summed E-state index contributed by atoms with van der Waals surface area (Å²) in [6.07, 6.45) is 2.72. The van der Waals surface area contributed by atoms with E-state index in [2.05, 4.69) is 35.6 Å². The molecule has 11 heteroatoms. The van der Waals surface area contributed by atoms with Gasteiger partial charge in [-0.3, -0.25) is 30.0 Å². The summed E-state index contributed by atoms with van der Waals surface area (Å²) in [7, 11) is 0. The van der Waals surface area contributed by atoms with Crippen molar-refractivity contribution in [3.63, 3.8) is 0 Å². The van der Waals surface area contributed by atoms with Gasteiger partial charge in [-0.15, -0.1) is 0 Å². The fraction of sp³-hybridized carbons (Fsp3) is 0.0435. The third-order valence-corrected chi connectivity index (χ3v) is 5.05. The van der Waals surface area contributed by atoms with Gasteiger partial charge in [0.1, 0.15) is 11.2 Å². The molecule has 3 heterocycles. The van der Waals surface area contributed by atoms with Crippen molar-refractivity contribution >= 4 is 51.5 Å². The Kier molecular flexibility index (Phi) is 5.18. The number of aliphatic carboxylic acids is 1. The number of pyridine rings is 1. The normalized spacial score (nSPS) is 10.9. The van der Waals surface area contributed by atoms with Crippen molar-refractivity contribution in [3.8, 4) is 0 Å². The van der Waals surface area contributed by atoms with E-state index < -0.39 is 17.8 Å². The highest BCUT2D eigenvalue weighted by Gasteiger charge is 2.17. The summed E-state index contributed by atoms with van der Waals surface area (Å²) < 4.78 is 0. The minimum atomic E-state index is -1.02. The van der Waals surface area contributed by atoms with E-state index in [-0.39, 0.29) is 29.6 Å². The number of amides is 2. The largest absolute Gasteiger partial charge is 0.481 e. The number of carboxylic acid groups (broad SMARTS) is 1. The van der Waals surface area contributed by atoms with Gasteiger partial charge in [-0.25, -0.2) is 9.97 Å². The number of carbonyl (C=O) groups is 3. The van der Waals surface area contributed by atoms with E-state index in [0.717, 1.165) is 10.8 Å². The smallest absolute Gasteiger partial charge is 0.309 e. The number of nitrogens with one attached hydrogen (secondary N) is 4. The molecule has 5 N–H and O–H groups in total. The number of para-hydroxylation sites is 1. The second-order valence-electron chi connectivity index (χ2n) is 7.44. The molecule has 34 heavy (non-hydrogen) atoms. The molecule has 0 aliphatic carbocycles. The Hall–Kier alpha value is -5.06. The zero-order chi connectivity index (χ0) is 23.7. The van der Waals surface area contributed by atoms with Crippen molar-refractivity contribution in [2.24, 2.45) is 0 Å². The SMILES string of the molecule is O=C(O)Cc1cnc(NC(=O)c2cccc3[nH]c(NC(=O)c4cc5ccccc5cn4)nc23)[nH]1. The number of benzene rings is 2. The Morgan fingerprint density at radius 1 is 0.853 bits per heavy atom. The van der Waals surface area contributed by atoms with Gasteiger partial charge in [-0.05, 0) is 23.6 Å². The molecule has 0 aliphatic rings. The lowest BCUT2D eigenvalue weighted by Crippen LogP contribution is -2.15. The first-order chi connectivity index (χ1) is 16.5. The van der Waals surface area contributed by atoms with E-state index in [4.69, 9.17) is 5.11 Å². The summed E-state index contributed by atoms with van der Waals surface area (Å²) in [5.41, 5.74) is 1.72. The highest BCUT2D eigenvalue weighted by atomic mass is 16.4. The average molecular weight is 455 g/mol. The zero-order valence-corrected chi connectivity index (χ0v) is 17.5. The van der Waals surface area contributed by atoms with E-state index >= 15 is 0 Å². The number of aromatic amines is 2. The van der Waals surface area contributed by atoms with E-state index in [1.165, 1.54) is 6.20 Å². The number of hydrogen-bond acceptors (Lipinski definition) is 6. The number of anilines is 2. The van der Waals surface area contributed by atoms with Gasteiger partial charge in [-0.1, -0.05) is 30.3 Å². The topological polar surface area (TPSA) is 166 Å². The molecular weight excluding hydrogens is 438 g/mol. The van der Waals surface area contributed by atoms with Crippen LogP contribution in [0.3, 0.4) is 0 Å². The molecule has 0 bridgehead atoms. The van der Waals surface area contributed by atoms with Crippen LogP contribution < -0.4 is 10.6 Å². The van der Waals surface area contributed by atoms with E-state index in [1.54, 1.807) is 30.5 Å². The minimum Gasteiger partial charge on any atom is -0.481 e. The van der Waals surface area contributed by atoms with Crippen molar-refractivity contribution in [3.05, 3.63) is 77.9 Å². The predicted octanol–water partition coefficient (Wildman–Crippen LogP) is 2.97. The molecule has 0 fully saturated rings. The molecule has 11 nitrogen and oxygen atoms in total. The molecule has 2 amide bonds. The van der Waals surface area contributed by atoms with Gasteiger partial charge in [0.05, 0.1) is 23.7 Å². The number of imidazole rings is 2. The van der Waals surface area contributed by atoms with Crippen molar-refractivity contribution in [2.75, 3.05) is 10.6 Å². The molecule has 0 saturated heterocycles. The van der Waals surface area contributed by atoms with Gasteiger partial charge in [0.15, 0.2) is 0 Å². The first-order valence-electron chi connectivity index (χ1n) is 10.2. The third-order valence-electron chi connectivity index (χ3n) is 5.05. The Labute approximate surface area is 191 Å². The highest BCUT2D eigenvalue weighted by molar-refractivity contribution is 6.11. The second kappa shape index (κ2) is 8.47. The molecule has 0 unspecified atom stereocenters. The number of rotatable bonds is 6. The van der Waals surface area contributed by atoms with Crippen LogP contribution in [0.1, 0.15) is 26.5 Å². The van der Waals surface area contributed by atoms with Gasteiger partial charge in [-0.2, -0.15) is 0 Å². The number of aromatic nitrogens is 5. The fourth-order valence-corrected chi connectivity index (χ4v) is 3.50. The average Bonchev–Trinajstić information content (AvgIpc) is 3.43. The zero-order valence-electron chi connectivity index (χ0n) is 17.5. The van der Waals surface area contributed by atoms with Gasteiger partial charge in [0, 0.05) is 17.3 Å². The minimum absolute atomic E-state index is 0.115. The maximum Gasteiger partial charge on any atom is 0.309 e. The van der Waals surface area contributed by atoms with Crippen LogP contribution in [-0.4, -0.2) is 47.8 Å². The van der Waals surface area contributed by atoms with Crippen LogP contribution in [-0.2, 0) is 11.2 Å². The van der Waals surface area contributed by atoms with E-state index in [9.17, 15) is 14.4 Å². The first kappa shape index (κ1) is 20.8. The van der Waals surface area contributed by atoms with Gasteiger partial charge < -0.3 is 15.1 Å². The number of fused-ring (bicyclic) bond motifs is 2. The van der Waals surface area contributed by atoms with Crippen LogP contribution in [0.25, 0.3) is 21.8 Å². The van der Waals surface area contributed by atoms with Crippen LogP contribution >= 0.6 is 0 Å². The molecule has 168 valence electrons. The lowest BCUT2D eigenvalue weighted by atomic mass is 10.1. The Morgan fingerprint density at radius 2 is 1.65 bits per heavy atom. The standard InChI is InChI=1S/C23H17N7O4/c31-18(32)9-14-11-25-22(26-14)29-20(33)15-6-3-7-16-19(15)28-23(27-16)30-21(34)17-8-12-4-1-2-5-13(12)10-24-17/h1-8,10-11H,9H2,(H,31,32)(H2,25,26,29,33)(H2,27,28,30,34). The van der Waals surface area contributed by atoms with Gasteiger partial charge in [0.25, 0.3) is 11.8 Å². The molecular formula is C23H17N7O4. The van der Waals surface area contributed by atoms with E-state index in [0.29, 0.717) is 16.7 Å². The summed E-state index contributed by atoms with van der Waals surface area (Å²) in [4.78, 5) is 54.6. The summed E-state index contributed by atoms with van der Waals surface area (Å²) in [6.45, 7) is 0. The summed E-state index contributed by atoms with van der Waals surface area (Å²) in [5, 5.41) is 15.9. The second-order valence-corrected chi connectivity index (χ2v) is 7.44. The van der Waals surface area contributed by atoms with Crippen molar-refractivity contribution < 1.29 is 19.5 Å². The lowest BCUT2D eigenvalue weighted by molar-refractivity contribution is -0.136. The molecule has 0 atom stereocenters. The molecule has 2 aromatic carbocycles. The number of carboxylic acids is 1. The fourth-order valence-electron chi connectivity index (χ4n) is 3.50. The Bertz CT molecular complexity index is 1570. The van der Waals surface area contributed by atoms with Crippen molar-refractivity contribution in [1.82, 2.24) is 24.9 Å². The molecule has 0 radical (unpaired) electrons. The summed E-state index contributed by atoms with van der Waals surface area (Å²) >= 11 is 0. The quantitative estimate of drug-likeness (QED) is 0.262. The summed E-state index contributed by atoms with van der Waals surface area (Å²) in [6, 6.07) is 14.2. The molecule has 0 saturated carbocycles. The Balaban J connectivity index is 1.36. The highest BCUT2D eigenvalue weighted by Crippen LogP contribution is 2.21. The maximum absolute atomic E-state index is 12.8. The first-order valence-corrected chi connectivity index (χ1v) is 10.2. The molecule has 0 aliphatic heterocycles. The van der Waals surface area contributed by atoms with E-state index in [1.807, 2.05) is 24.3 Å². The van der Waals surface area contributed by atoms with Crippen LogP contribution in [0.15, 0.2) is 60.9 Å². The number of H-pyrrole nitrogens is 2. The monoisotopic (exact) mass is 455 g/mol. The van der Waals surface area contributed by atoms with Gasteiger partial charge in [0.2, 0.25) is 11.9 Å². The number of carbonyl (C=O) groups excluding carboxylic acids is 2. The number of nitrogens with zero attached hydrogens (tertiary/aromatic N) is 3. The van der Waals surface area contributed by atoms with Crippen LogP contribution in [0, 0.1) is 0 Å². The third kappa shape index (κ3) is 4.17.